The Morgan fingerprint density at radius 1 is 1.12 bits per heavy atom. The zero-order valence-corrected chi connectivity index (χ0v) is 14.1. The summed E-state index contributed by atoms with van der Waals surface area (Å²) in [5, 5.41) is 5.58. The van der Waals surface area contributed by atoms with Crippen molar-refractivity contribution in [3.05, 3.63) is 64.7 Å². The van der Waals surface area contributed by atoms with Crippen LogP contribution in [0.15, 0.2) is 42.5 Å². The normalized spacial score (nSPS) is 12.4. The van der Waals surface area contributed by atoms with Gasteiger partial charge >= 0.3 is 0 Å². The summed E-state index contributed by atoms with van der Waals surface area (Å²) < 4.78 is 0. The quantitative estimate of drug-likeness (QED) is 0.797. The van der Waals surface area contributed by atoms with Crippen molar-refractivity contribution >= 4 is 23.3 Å². The lowest BCUT2D eigenvalue weighted by Gasteiger charge is -2.08. The summed E-state index contributed by atoms with van der Waals surface area (Å²) in [6.07, 6.45) is 0.603. The highest BCUT2D eigenvalue weighted by Gasteiger charge is 2.19. The van der Waals surface area contributed by atoms with Crippen molar-refractivity contribution in [1.82, 2.24) is 5.32 Å². The first-order valence-electron chi connectivity index (χ1n) is 8.30. The van der Waals surface area contributed by atoms with E-state index in [1.807, 2.05) is 31.2 Å². The highest BCUT2D eigenvalue weighted by molar-refractivity contribution is 6.02. The first-order chi connectivity index (χ1) is 12.0. The molecule has 0 aromatic heterocycles. The second-order valence-corrected chi connectivity index (χ2v) is 6.22. The van der Waals surface area contributed by atoms with Crippen molar-refractivity contribution < 1.29 is 14.4 Å². The highest BCUT2D eigenvalue weighted by Crippen LogP contribution is 2.24. The van der Waals surface area contributed by atoms with Gasteiger partial charge in [-0.15, -0.1) is 0 Å². The molecule has 128 valence electrons. The molecule has 3 rings (SSSR count). The van der Waals surface area contributed by atoms with Gasteiger partial charge in [0.15, 0.2) is 5.78 Å². The molecule has 0 radical (unpaired) electrons. The lowest BCUT2D eigenvalue weighted by Crippen LogP contribution is -2.23. The number of Topliss-reactive ketones (excluding diaryl/α,β-unsaturated/α-hetero) is 1. The van der Waals surface area contributed by atoms with E-state index in [1.165, 1.54) is 0 Å². The molecule has 0 aliphatic carbocycles. The topological polar surface area (TPSA) is 75.3 Å². The molecule has 2 aromatic rings. The highest BCUT2D eigenvalue weighted by atomic mass is 16.2. The zero-order valence-electron chi connectivity index (χ0n) is 14.1. The lowest BCUT2D eigenvalue weighted by atomic mass is 10.0. The van der Waals surface area contributed by atoms with Crippen LogP contribution in [0.3, 0.4) is 0 Å². The smallest absolute Gasteiger partial charge is 0.228 e. The minimum absolute atomic E-state index is 0.0600. The number of carbonyl (C=O) groups is 3. The number of aryl methyl sites for hydroxylation is 1. The molecule has 1 aliphatic rings. The largest absolute Gasteiger partial charge is 0.352 e. The molecule has 1 heterocycles. The van der Waals surface area contributed by atoms with E-state index in [-0.39, 0.29) is 30.4 Å². The molecule has 0 saturated heterocycles. The number of rotatable bonds is 6. The van der Waals surface area contributed by atoms with Crippen LogP contribution in [0.25, 0.3) is 0 Å². The minimum Gasteiger partial charge on any atom is -0.352 e. The predicted octanol–water partition coefficient (Wildman–Crippen LogP) is 2.77. The second kappa shape index (κ2) is 7.30. The third kappa shape index (κ3) is 4.12. The summed E-state index contributed by atoms with van der Waals surface area (Å²) in [6, 6.07) is 13.0. The lowest BCUT2D eigenvalue weighted by molar-refractivity contribution is -0.121. The Bertz CT molecular complexity index is 843. The Morgan fingerprint density at radius 3 is 2.72 bits per heavy atom. The predicted molar refractivity (Wildman–Crippen MR) is 95.4 cm³/mol. The van der Waals surface area contributed by atoms with E-state index in [0.717, 1.165) is 22.4 Å². The van der Waals surface area contributed by atoms with Crippen molar-refractivity contribution in [3.8, 4) is 0 Å². The number of hydrogen-bond donors (Lipinski definition) is 2. The van der Waals surface area contributed by atoms with E-state index in [1.54, 1.807) is 18.2 Å². The van der Waals surface area contributed by atoms with E-state index in [4.69, 9.17) is 0 Å². The number of benzene rings is 2. The Morgan fingerprint density at radius 2 is 1.92 bits per heavy atom. The summed E-state index contributed by atoms with van der Waals surface area (Å²) in [4.78, 5) is 35.6. The molecule has 2 N–H and O–H groups in total. The van der Waals surface area contributed by atoms with E-state index < -0.39 is 0 Å². The van der Waals surface area contributed by atoms with Gasteiger partial charge in [-0.2, -0.15) is 0 Å². The fourth-order valence-electron chi connectivity index (χ4n) is 2.86. The first-order valence-corrected chi connectivity index (χ1v) is 8.30. The SMILES string of the molecule is Cc1ccccc1CNC(=O)CCC(=O)c1ccc2c(c1)CC(=O)N2. The summed E-state index contributed by atoms with van der Waals surface area (Å²) in [7, 11) is 0. The van der Waals surface area contributed by atoms with Gasteiger partial charge in [-0.25, -0.2) is 0 Å². The third-order valence-corrected chi connectivity index (χ3v) is 4.37. The average molecular weight is 336 g/mol. The summed E-state index contributed by atoms with van der Waals surface area (Å²) in [6.45, 7) is 2.46. The maximum Gasteiger partial charge on any atom is 0.228 e. The van der Waals surface area contributed by atoms with Gasteiger partial charge < -0.3 is 10.6 Å². The fraction of sp³-hybridized carbons (Fsp3) is 0.250. The Hall–Kier alpha value is -2.95. The van der Waals surface area contributed by atoms with Gasteiger partial charge in [-0.3, -0.25) is 14.4 Å². The van der Waals surface area contributed by atoms with Gasteiger partial charge in [-0.1, -0.05) is 24.3 Å². The second-order valence-electron chi connectivity index (χ2n) is 6.22. The fourth-order valence-corrected chi connectivity index (χ4v) is 2.86. The molecule has 1 aliphatic heterocycles. The Labute approximate surface area is 146 Å². The maximum atomic E-state index is 12.3. The average Bonchev–Trinajstić information content (AvgIpc) is 2.98. The number of carbonyl (C=O) groups excluding carboxylic acids is 3. The van der Waals surface area contributed by atoms with Crippen LogP contribution < -0.4 is 10.6 Å². The van der Waals surface area contributed by atoms with Crippen LogP contribution in [0.5, 0.6) is 0 Å². The summed E-state index contributed by atoms with van der Waals surface area (Å²) in [5.41, 5.74) is 4.33. The monoisotopic (exact) mass is 336 g/mol. The molecule has 5 heteroatoms. The van der Waals surface area contributed by atoms with Crippen LogP contribution in [-0.4, -0.2) is 17.6 Å². The minimum atomic E-state index is -0.144. The third-order valence-electron chi connectivity index (χ3n) is 4.37. The van der Waals surface area contributed by atoms with Crippen molar-refractivity contribution in [2.75, 3.05) is 5.32 Å². The Kier molecular flexibility index (Phi) is 4.93. The van der Waals surface area contributed by atoms with E-state index in [9.17, 15) is 14.4 Å². The Balaban J connectivity index is 1.51. The molecule has 2 amide bonds. The number of ketones is 1. The van der Waals surface area contributed by atoms with Crippen LogP contribution in [-0.2, 0) is 22.6 Å². The number of amides is 2. The van der Waals surface area contributed by atoms with Gasteiger partial charge in [0.2, 0.25) is 11.8 Å². The van der Waals surface area contributed by atoms with Gasteiger partial charge in [0.1, 0.15) is 0 Å². The molecular weight excluding hydrogens is 316 g/mol. The molecule has 0 saturated carbocycles. The molecule has 0 atom stereocenters. The molecule has 25 heavy (non-hydrogen) atoms. The molecule has 5 nitrogen and oxygen atoms in total. The molecule has 0 spiro atoms. The van der Waals surface area contributed by atoms with Crippen molar-refractivity contribution in [3.63, 3.8) is 0 Å². The summed E-state index contributed by atoms with van der Waals surface area (Å²) in [5.74, 6) is -0.294. The van der Waals surface area contributed by atoms with Crippen LogP contribution >= 0.6 is 0 Å². The van der Waals surface area contributed by atoms with Crippen LogP contribution in [0.1, 0.15) is 39.9 Å². The van der Waals surface area contributed by atoms with E-state index in [2.05, 4.69) is 10.6 Å². The van der Waals surface area contributed by atoms with Crippen molar-refractivity contribution in [2.24, 2.45) is 0 Å². The number of hydrogen-bond acceptors (Lipinski definition) is 3. The summed E-state index contributed by atoms with van der Waals surface area (Å²) >= 11 is 0. The van der Waals surface area contributed by atoms with Crippen LogP contribution in [0.4, 0.5) is 5.69 Å². The van der Waals surface area contributed by atoms with Crippen LogP contribution in [0, 0.1) is 6.92 Å². The van der Waals surface area contributed by atoms with Crippen molar-refractivity contribution in [1.29, 1.82) is 0 Å². The number of fused-ring (bicyclic) bond motifs is 1. The number of nitrogens with one attached hydrogen (secondary N) is 2. The zero-order chi connectivity index (χ0) is 17.8. The number of anilines is 1. The standard InChI is InChI=1S/C20H20N2O3/c1-13-4-2-3-5-15(13)12-21-19(24)9-8-18(23)14-6-7-17-16(10-14)11-20(25)22-17/h2-7,10H,8-9,11-12H2,1H3,(H,21,24)(H,22,25). The van der Waals surface area contributed by atoms with E-state index >= 15 is 0 Å². The molecule has 2 aromatic carbocycles. The van der Waals surface area contributed by atoms with E-state index in [0.29, 0.717) is 18.5 Å². The van der Waals surface area contributed by atoms with Gasteiger partial charge in [0, 0.05) is 30.6 Å². The molecule has 0 fully saturated rings. The molecular formula is C20H20N2O3. The van der Waals surface area contributed by atoms with Gasteiger partial charge in [-0.05, 0) is 41.8 Å². The molecule has 0 bridgehead atoms. The van der Waals surface area contributed by atoms with Crippen LogP contribution in [0.2, 0.25) is 0 Å². The maximum absolute atomic E-state index is 12.3. The van der Waals surface area contributed by atoms with Gasteiger partial charge in [0.25, 0.3) is 0 Å². The first kappa shape index (κ1) is 16.9. The molecule has 0 unspecified atom stereocenters. The van der Waals surface area contributed by atoms with Gasteiger partial charge in [0.05, 0.1) is 6.42 Å². The van der Waals surface area contributed by atoms with Crippen molar-refractivity contribution in [2.45, 2.75) is 32.7 Å².